The fraction of sp³-hybridized carbons (Fsp3) is 0.250. The molecule has 1 heterocycles. The largest absolute Gasteiger partial charge is 0.496 e. The summed E-state index contributed by atoms with van der Waals surface area (Å²) in [7, 11) is 1.26. The Morgan fingerprint density at radius 1 is 1.27 bits per heavy atom. The number of carbonyl (C=O) groups is 1. The van der Waals surface area contributed by atoms with Crippen molar-refractivity contribution in [1.29, 1.82) is 0 Å². The number of carbonyl (C=O) groups excluding carboxylic acids is 1. The van der Waals surface area contributed by atoms with Crippen molar-refractivity contribution < 1.29 is 23.0 Å². The third-order valence-electron chi connectivity index (χ3n) is 3.03. The molecule has 0 N–H and O–H groups in total. The molecule has 22 heavy (non-hydrogen) atoms. The zero-order valence-corrected chi connectivity index (χ0v) is 12.2. The van der Waals surface area contributed by atoms with E-state index in [1.807, 2.05) is 0 Å². The number of hydrogen-bond donors (Lipinski definition) is 0. The zero-order valence-electron chi connectivity index (χ0n) is 12.2. The number of aromatic nitrogens is 1. The van der Waals surface area contributed by atoms with Crippen LogP contribution in [-0.2, 0) is 15.5 Å². The second kappa shape index (κ2) is 6.51. The number of methoxy groups -OCH3 is 1. The molecule has 116 valence electrons. The van der Waals surface area contributed by atoms with Gasteiger partial charge in [-0.1, -0.05) is 6.07 Å². The highest BCUT2D eigenvalue weighted by Gasteiger charge is 2.45. The molecule has 0 spiro atoms. The fourth-order valence-corrected chi connectivity index (χ4v) is 1.98. The Morgan fingerprint density at radius 3 is 2.64 bits per heavy atom. The van der Waals surface area contributed by atoms with Crippen molar-refractivity contribution in [3.63, 3.8) is 0 Å². The lowest BCUT2D eigenvalue weighted by atomic mass is 10.0. The molecule has 2 aromatic rings. The van der Waals surface area contributed by atoms with E-state index >= 15 is 0 Å². The highest BCUT2D eigenvalue weighted by molar-refractivity contribution is 5.81. The van der Waals surface area contributed by atoms with Crippen LogP contribution in [0.2, 0.25) is 0 Å². The van der Waals surface area contributed by atoms with Gasteiger partial charge in [0, 0.05) is 11.8 Å². The first-order chi connectivity index (χ1) is 10.5. The Labute approximate surface area is 126 Å². The summed E-state index contributed by atoms with van der Waals surface area (Å²) >= 11 is 0. The Morgan fingerprint density at radius 2 is 2.05 bits per heavy atom. The fourth-order valence-electron chi connectivity index (χ4n) is 1.98. The summed E-state index contributed by atoms with van der Waals surface area (Å²) in [6, 6.07) is 9.33. The highest BCUT2D eigenvalue weighted by atomic mass is 19.3. The molecule has 0 amide bonds. The predicted molar refractivity (Wildman–Crippen MR) is 76.8 cm³/mol. The number of ether oxygens (including phenoxy) is 2. The van der Waals surface area contributed by atoms with Crippen LogP contribution in [0.5, 0.6) is 5.75 Å². The molecule has 0 aliphatic heterocycles. The molecular weight excluding hydrogens is 292 g/mol. The van der Waals surface area contributed by atoms with Crippen molar-refractivity contribution in [2.75, 3.05) is 13.7 Å². The van der Waals surface area contributed by atoms with E-state index in [0.717, 1.165) is 0 Å². The molecule has 0 saturated heterocycles. The van der Waals surface area contributed by atoms with Crippen LogP contribution in [0.25, 0.3) is 11.3 Å². The summed E-state index contributed by atoms with van der Waals surface area (Å²) < 4.78 is 38.0. The van der Waals surface area contributed by atoms with E-state index in [2.05, 4.69) is 9.72 Å². The van der Waals surface area contributed by atoms with Crippen molar-refractivity contribution >= 4 is 5.97 Å². The van der Waals surface area contributed by atoms with Crippen molar-refractivity contribution in [2.24, 2.45) is 0 Å². The number of benzene rings is 1. The first kappa shape index (κ1) is 15.9. The molecular formula is C16H15F2NO3. The minimum atomic E-state index is -3.80. The number of esters is 1. The van der Waals surface area contributed by atoms with Crippen LogP contribution in [0.15, 0.2) is 42.6 Å². The van der Waals surface area contributed by atoms with Crippen LogP contribution in [0.3, 0.4) is 0 Å². The highest BCUT2D eigenvalue weighted by Crippen LogP contribution is 2.38. The summed E-state index contributed by atoms with van der Waals surface area (Å²) in [5.74, 6) is -5.49. The summed E-state index contributed by atoms with van der Waals surface area (Å²) in [5.41, 5.74) is 0.433. The summed E-state index contributed by atoms with van der Waals surface area (Å²) in [6.07, 6.45) is 1.56. The van der Waals surface area contributed by atoms with Gasteiger partial charge in [-0.05, 0) is 37.3 Å². The van der Waals surface area contributed by atoms with Gasteiger partial charge in [-0.2, -0.15) is 8.78 Å². The Kier molecular flexibility index (Phi) is 4.70. The van der Waals surface area contributed by atoms with Crippen molar-refractivity contribution in [1.82, 2.24) is 4.98 Å². The summed E-state index contributed by atoms with van der Waals surface area (Å²) in [5, 5.41) is 0. The minimum absolute atomic E-state index is 0.0854. The molecule has 6 heteroatoms. The summed E-state index contributed by atoms with van der Waals surface area (Å²) in [6.45, 7) is 1.34. The molecule has 0 aliphatic carbocycles. The van der Waals surface area contributed by atoms with Crippen LogP contribution in [-0.4, -0.2) is 24.7 Å². The van der Waals surface area contributed by atoms with Crippen molar-refractivity contribution in [2.45, 2.75) is 12.8 Å². The molecule has 0 bridgehead atoms. The topological polar surface area (TPSA) is 48.4 Å². The van der Waals surface area contributed by atoms with Gasteiger partial charge in [-0.15, -0.1) is 0 Å². The molecule has 2 rings (SSSR count). The quantitative estimate of drug-likeness (QED) is 0.794. The normalized spacial score (nSPS) is 11.1. The second-order valence-corrected chi connectivity index (χ2v) is 4.42. The molecule has 0 atom stereocenters. The molecule has 1 aromatic heterocycles. The van der Waals surface area contributed by atoms with Gasteiger partial charge in [0.15, 0.2) is 0 Å². The molecule has 0 radical (unpaired) electrons. The summed E-state index contributed by atoms with van der Waals surface area (Å²) in [4.78, 5) is 15.6. The number of rotatable bonds is 5. The van der Waals surface area contributed by atoms with E-state index < -0.39 is 17.5 Å². The third kappa shape index (κ3) is 3.05. The number of alkyl halides is 2. The van der Waals surface area contributed by atoms with Crippen LogP contribution in [0.4, 0.5) is 8.78 Å². The number of pyridine rings is 1. The Bertz CT molecular complexity index is 660. The lowest BCUT2D eigenvalue weighted by Gasteiger charge is -2.18. The van der Waals surface area contributed by atoms with Gasteiger partial charge in [0.1, 0.15) is 5.75 Å². The molecule has 0 saturated carbocycles. The zero-order chi connectivity index (χ0) is 16.2. The minimum Gasteiger partial charge on any atom is -0.496 e. The standard InChI is InChI=1S/C16H15F2NO3/c1-3-22-15(20)16(17,18)12-10-11(7-8-14(12)21-2)13-6-4-5-9-19-13/h4-10H,3H2,1-2H3. The van der Waals surface area contributed by atoms with Crippen LogP contribution in [0.1, 0.15) is 12.5 Å². The third-order valence-corrected chi connectivity index (χ3v) is 3.03. The average molecular weight is 307 g/mol. The van der Waals surface area contributed by atoms with E-state index in [4.69, 9.17) is 4.74 Å². The maximum absolute atomic E-state index is 14.3. The van der Waals surface area contributed by atoms with Crippen LogP contribution < -0.4 is 4.74 Å². The molecule has 1 aromatic carbocycles. The Balaban J connectivity index is 2.51. The van der Waals surface area contributed by atoms with Gasteiger partial charge in [0.05, 0.1) is 25.0 Å². The van der Waals surface area contributed by atoms with Gasteiger partial charge < -0.3 is 9.47 Å². The second-order valence-electron chi connectivity index (χ2n) is 4.42. The lowest BCUT2D eigenvalue weighted by Crippen LogP contribution is -2.28. The smallest absolute Gasteiger partial charge is 0.382 e. The maximum Gasteiger partial charge on any atom is 0.382 e. The van der Waals surface area contributed by atoms with E-state index in [-0.39, 0.29) is 12.4 Å². The number of hydrogen-bond acceptors (Lipinski definition) is 4. The van der Waals surface area contributed by atoms with E-state index in [9.17, 15) is 13.6 Å². The molecule has 0 unspecified atom stereocenters. The van der Waals surface area contributed by atoms with E-state index in [1.54, 1.807) is 30.5 Å². The molecule has 4 nitrogen and oxygen atoms in total. The molecule has 0 fully saturated rings. The van der Waals surface area contributed by atoms with Crippen molar-refractivity contribution in [3.8, 4) is 17.0 Å². The number of nitrogens with zero attached hydrogens (tertiary/aromatic N) is 1. The van der Waals surface area contributed by atoms with Gasteiger partial charge in [-0.3, -0.25) is 4.98 Å². The van der Waals surface area contributed by atoms with Gasteiger partial charge >= 0.3 is 11.9 Å². The Hall–Kier alpha value is -2.50. The van der Waals surface area contributed by atoms with Gasteiger partial charge in [0.25, 0.3) is 0 Å². The predicted octanol–water partition coefficient (Wildman–Crippen LogP) is 3.41. The van der Waals surface area contributed by atoms with Crippen LogP contribution in [0, 0.1) is 0 Å². The average Bonchev–Trinajstić information content (AvgIpc) is 2.55. The molecule has 0 aliphatic rings. The van der Waals surface area contributed by atoms with Gasteiger partial charge in [-0.25, -0.2) is 4.79 Å². The van der Waals surface area contributed by atoms with Gasteiger partial charge in [0.2, 0.25) is 0 Å². The first-order valence-corrected chi connectivity index (χ1v) is 6.65. The lowest BCUT2D eigenvalue weighted by molar-refractivity contribution is -0.173. The number of halogens is 2. The SMILES string of the molecule is CCOC(=O)C(F)(F)c1cc(-c2ccccn2)ccc1OC. The maximum atomic E-state index is 14.3. The van der Waals surface area contributed by atoms with Crippen LogP contribution >= 0.6 is 0 Å². The van der Waals surface area contributed by atoms with E-state index in [1.165, 1.54) is 26.2 Å². The van der Waals surface area contributed by atoms with Crippen molar-refractivity contribution in [3.05, 3.63) is 48.2 Å². The first-order valence-electron chi connectivity index (χ1n) is 6.65. The van der Waals surface area contributed by atoms with E-state index in [0.29, 0.717) is 11.3 Å². The monoisotopic (exact) mass is 307 g/mol.